The van der Waals surface area contributed by atoms with Gasteiger partial charge in [0.1, 0.15) is 9.84 Å². The number of rotatable bonds is 3. The summed E-state index contributed by atoms with van der Waals surface area (Å²) in [7, 11) is -3.02. The Morgan fingerprint density at radius 3 is 2.71 bits per heavy atom. The van der Waals surface area contributed by atoms with Crippen molar-refractivity contribution in [2.24, 2.45) is 0 Å². The lowest BCUT2D eigenvalue weighted by atomic mass is 10.3. The van der Waals surface area contributed by atoms with Gasteiger partial charge in [0, 0.05) is 12.3 Å². The maximum Gasteiger partial charge on any atom is 0.178 e. The quantitative estimate of drug-likeness (QED) is 0.871. The molecule has 0 aliphatic carbocycles. The lowest BCUT2D eigenvalue weighted by molar-refractivity contribution is 0.566. The van der Waals surface area contributed by atoms with Crippen molar-refractivity contribution in [1.82, 2.24) is 9.55 Å². The Bertz CT molecular complexity index is 698. The zero-order valence-corrected chi connectivity index (χ0v) is 11.3. The highest BCUT2D eigenvalue weighted by Gasteiger charge is 2.15. The molecular formula is C11H14N2O2S2. The molecule has 0 radical (unpaired) electrons. The smallest absolute Gasteiger partial charge is 0.178 e. The van der Waals surface area contributed by atoms with Crippen LogP contribution in [-0.2, 0) is 9.84 Å². The van der Waals surface area contributed by atoms with Gasteiger partial charge in [0.2, 0.25) is 0 Å². The van der Waals surface area contributed by atoms with Gasteiger partial charge in [-0.3, -0.25) is 0 Å². The predicted octanol–water partition coefficient (Wildman–Crippen LogP) is 2.30. The molecule has 0 aliphatic rings. The number of aromatic amines is 1. The van der Waals surface area contributed by atoms with Crippen LogP contribution in [0, 0.1) is 4.77 Å². The second-order valence-electron chi connectivity index (χ2n) is 4.26. The first kappa shape index (κ1) is 12.3. The maximum absolute atomic E-state index is 11.3. The zero-order chi connectivity index (χ0) is 12.6. The summed E-state index contributed by atoms with van der Waals surface area (Å²) in [6, 6.07) is 7.51. The largest absolute Gasteiger partial charge is 0.331 e. The van der Waals surface area contributed by atoms with Crippen LogP contribution in [0.15, 0.2) is 24.3 Å². The second-order valence-corrected chi connectivity index (χ2v) is 6.83. The molecule has 0 spiro atoms. The minimum atomic E-state index is -3.02. The van der Waals surface area contributed by atoms with E-state index in [2.05, 4.69) is 4.98 Å². The minimum Gasteiger partial charge on any atom is -0.331 e. The third-order valence-electron chi connectivity index (χ3n) is 2.61. The Kier molecular flexibility index (Phi) is 3.09. The number of aromatic nitrogens is 2. The second kappa shape index (κ2) is 4.27. The fraction of sp³-hybridized carbons (Fsp3) is 0.364. The summed E-state index contributed by atoms with van der Waals surface area (Å²) in [5, 5.41) is 0. The van der Waals surface area contributed by atoms with Crippen molar-refractivity contribution >= 4 is 33.1 Å². The van der Waals surface area contributed by atoms with Gasteiger partial charge in [0.25, 0.3) is 0 Å². The lowest BCUT2D eigenvalue weighted by Gasteiger charge is -2.13. The number of H-pyrrole nitrogens is 1. The Morgan fingerprint density at radius 2 is 2.06 bits per heavy atom. The summed E-state index contributed by atoms with van der Waals surface area (Å²) in [4.78, 5) is 3.08. The number of nitrogens with one attached hydrogen (secondary N) is 1. The molecule has 1 aromatic heterocycles. The third-order valence-corrected chi connectivity index (χ3v) is 4.00. The number of sulfone groups is 1. The molecule has 4 nitrogen and oxygen atoms in total. The molecule has 2 rings (SSSR count). The van der Waals surface area contributed by atoms with Crippen molar-refractivity contribution in [3.05, 3.63) is 29.0 Å². The molecule has 92 valence electrons. The molecule has 0 aliphatic heterocycles. The van der Waals surface area contributed by atoms with E-state index in [9.17, 15) is 8.42 Å². The fourth-order valence-electron chi connectivity index (χ4n) is 2.02. The van der Waals surface area contributed by atoms with Crippen molar-refractivity contribution in [1.29, 1.82) is 0 Å². The summed E-state index contributed by atoms with van der Waals surface area (Å²) in [6.45, 7) is 1.86. The summed E-state index contributed by atoms with van der Waals surface area (Å²) in [6.07, 6.45) is 1.24. The van der Waals surface area contributed by atoms with E-state index in [1.807, 2.05) is 35.8 Å². The first-order chi connectivity index (χ1) is 7.88. The van der Waals surface area contributed by atoms with Crippen LogP contribution < -0.4 is 0 Å². The van der Waals surface area contributed by atoms with Crippen molar-refractivity contribution < 1.29 is 8.42 Å². The topological polar surface area (TPSA) is 54.9 Å². The van der Waals surface area contributed by atoms with E-state index in [0.29, 0.717) is 4.77 Å². The number of nitrogens with zero attached hydrogens (tertiary/aromatic N) is 1. The van der Waals surface area contributed by atoms with Crippen LogP contribution in [0.25, 0.3) is 11.0 Å². The molecule has 1 heterocycles. The van der Waals surface area contributed by atoms with E-state index >= 15 is 0 Å². The monoisotopic (exact) mass is 270 g/mol. The van der Waals surface area contributed by atoms with Crippen LogP contribution in [0.1, 0.15) is 13.0 Å². The first-order valence-electron chi connectivity index (χ1n) is 5.25. The molecule has 1 unspecified atom stereocenters. The number of hydrogen-bond acceptors (Lipinski definition) is 3. The Balaban J connectivity index is 2.55. The fourth-order valence-corrected chi connectivity index (χ4v) is 3.44. The first-order valence-corrected chi connectivity index (χ1v) is 7.72. The van der Waals surface area contributed by atoms with E-state index in [1.54, 1.807) is 0 Å². The third kappa shape index (κ3) is 2.58. The lowest BCUT2D eigenvalue weighted by Crippen LogP contribution is -2.16. The Labute approximate surface area is 105 Å². The number of para-hydroxylation sites is 2. The highest BCUT2D eigenvalue weighted by molar-refractivity contribution is 7.90. The molecule has 1 aromatic carbocycles. The number of hydrogen-bond donors (Lipinski definition) is 1. The summed E-state index contributed by atoms with van der Waals surface area (Å²) in [5.41, 5.74) is 1.87. The van der Waals surface area contributed by atoms with Gasteiger partial charge in [0.05, 0.1) is 16.8 Å². The molecule has 1 atom stereocenters. The van der Waals surface area contributed by atoms with Gasteiger partial charge < -0.3 is 9.55 Å². The average molecular weight is 270 g/mol. The molecule has 0 fully saturated rings. The van der Waals surface area contributed by atoms with Crippen LogP contribution in [0.4, 0.5) is 0 Å². The molecule has 0 bridgehead atoms. The van der Waals surface area contributed by atoms with E-state index in [0.717, 1.165) is 11.0 Å². The van der Waals surface area contributed by atoms with Gasteiger partial charge >= 0.3 is 0 Å². The standard InChI is InChI=1S/C11H14N2O2S2/c1-8(7-17(2,14)15)13-10-6-4-3-5-9(10)12-11(13)16/h3-6,8H,7H2,1-2H3,(H,12,16). The van der Waals surface area contributed by atoms with Crippen molar-refractivity contribution in [3.63, 3.8) is 0 Å². The van der Waals surface area contributed by atoms with E-state index < -0.39 is 9.84 Å². The van der Waals surface area contributed by atoms with Crippen molar-refractivity contribution in [2.45, 2.75) is 13.0 Å². The van der Waals surface area contributed by atoms with Crippen LogP contribution in [-0.4, -0.2) is 30.0 Å². The molecular weight excluding hydrogens is 256 g/mol. The van der Waals surface area contributed by atoms with Crippen molar-refractivity contribution in [3.8, 4) is 0 Å². The van der Waals surface area contributed by atoms with E-state index in [1.165, 1.54) is 6.26 Å². The van der Waals surface area contributed by atoms with Crippen LogP contribution >= 0.6 is 12.2 Å². The molecule has 0 saturated carbocycles. The van der Waals surface area contributed by atoms with Gasteiger partial charge in [-0.2, -0.15) is 0 Å². The molecule has 2 aromatic rings. The summed E-state index contributed by atoms with van der Waals surface area (Å²) in [5.74, 6) is 0.0865. The molecule has 17 heavy (non-hydrogen) atoms. The highest BCUT2D eigenvalue weighted by Crippen LogP contribution is 2.19. The number of benzene rings is 1. The van der Waals surface area contributed by atoms with Gasteiger partial charge in [-0.25, -0.2) is 8.42 Å². The normalized spacial score (nSPS) is 14.0. The average Bonchev–Trinajstić information content (AvgIpc) is 2.50. The summed E-state index contributed by atoms with van der Waals surface area (Å²) >= 11 is 5.23. The van der Waals surface area contributed by atoms with Crippen molar-refractivity contribution in [2.75, 3.05) is 12.0 Å². The Hall–Kier alpha value is -1.14. The van der Waals surface area contributed by atoms with Crippen LogP contribution in [0.5, 0.6) is 0 Å². The van der Waals surface area contributed by atoms with Crippen LogP contribution in [0.2, 0.25) is 0 Å². The van der Waals surface area contributed by atoms with Gasteiger partial charge in [-0.1, -0.05) is 12.1 Å². The Morgan fingerprint density at radius 1 is 1.41 bits per heavy atom. The molecule has 0 saturated heterocycles. The molecule has 0 amide bonds. The van der Waals surface area contributed by atoms with Gasteiger partial charge in [-0.05, 0) is 31.3 Å². The van der Waals surface area contributed by atoms with Gasteiger partial charge in [0.15, 0.2) is 4.77 Å². The number of fused-ring (bicyclic) bond motifs is 1. The summed E-state index contributed by atoms with van der Waals surface area (Å²) < 4.78 is 25.1. The van der Waals surface area contributed by atoms with E-state index in [4.69, 9.17) is 12.2 Å². The van der Waals surface area contributed by atoms with Gasteiger partial charge in [-0.15, -0.1) is 0 Å². The molecule has 6 heteroatoms. The highest BCUT2D eigenvalue weighted by atomic mass is 32.2. The predicted molar refractivity (Wildman–Crippen MR) is 71.5 cm³/mol. The number of imidazole rings is 1. The van der Waals surface area contributed by atoms with E-state index in [-0.39, 0.29) is 11.8 Å². The maximum atomic E-state index is 11.3. The molecule has 1 N–H and O–H groups in total. The van der Waals surface area contributed by atoms with Crippen LogP contribution in [0.3, 0.4) is 0 Å². The minimum absolute atomic E-state index is 0.0865. The SMILES string of the molecule is CC(CS(C)(=O)=O)n1c(=S)[nH]c2ccccc21. The zero-order valence-electron chi connectivity index (χ0n) is 9.67.